The van der Waals surface area contributed by atoms with Crippen LogP contribution in [0.2, 0.25) is 0 Å². The second-order valence-electron chi connectivity index (χ2n) is 7.00. The second kappa shape index (κ2) is 6.85. The van der Waals surface area contributed by atoms with Crippen LogP contribution in [-0.4, -0.2) is 19.1 Å². The van der Waals surface area contributed by atoms with Crippen molar-refractivity contribution in [2.45, 2.75) is 13.1 Å². The quantitative estimate of drug-likeness (QED) is 0.494. The Bertz CT molecular complexity index is 1250. The van der Waals surface area contributed by atoms with E-state index in [0.29, 0.717) is 6.54 Å². The minimum atomic E-state index is 0.653. The molecule has 3 aromatic carbocycles. The predicted molar refractivity (Wildman–Crippen MR) is 113 cm³/mol. The maximum atomic E-state index is 4.87. The molecule has 5 nitrogen and oxygen atoms in total. The van der Waals surface area contributed by atoms with Crippen molar-refractivity contribution in [3.8, 4) is 0 Å². The molecule has 0 bridgehead atoms. The Hall–Kier alpha value is -3.60. The SMILES string of the molecule is Cn1cnc2cc(NCc3nc4ccccc4n3Cc3ccccc3)ccc21. The molecule has 0 amide bonds. The summed E-state index contributed by atoms with van der Waals surface area (Å²) >= 11 is 0. The summed E-state index contributed by atoms with van der Waals surface area (Å²) in [4.78, 5) is 9.32. The molecule has 0 radical (unpaired) electrons. The van der Waals surface area contributed by atoms with Crippen LogP contribution in [0.25, 0.3) is 22.1 Å². The van der Waals surface area contributed by atoms with E-state index in [4.69, 9.17) is 4.98 Å². The fourth-order valence-electron chi connectivity index (χ4n) is 3.63. The third-order valence-electron chi connectivity index (χ3n) is 5.09. The van der Waals surface area contributed by atoms with Crippen molar-refractivity contribution in [2.24, 2.45) is 7.05 Å². The van der Waals surface area contributed by atoms with E-state index in [1.807, 2.05) is 30.1 Å². The average Bonchev–Trinajstić information content (AvgIpc) is 3.28. The number of anilines is 1. The lowest BCUT2D eigenvalue weighted by Gasteiger charge is -2.11. The molecule has 0 saturated heterocycles. The third kappa shape index (κ3) is 3.01. The van der Waals surface area contributed by atoms with Crippen LogP contribution < -0.4 is 5.32 Å². The highest BCUT2D eigenvalue weighted by Crippen LogP contribution is 2.21. The van der Waals surface area contributed by atoms with Gasteiger partial charge in [0.05, 0.1) is 34.9 Å². The summed E-state index contributed by atoms with van der Waals surface area (Å²) in [6, 6.07) is 25.1. The first-order valence-corrected chi connectivity index (χ1v) is 9.41. The largest absolute Gasteiger partial charge is 0.378 e. The van der Waals surface area contributed by atoms with Gasteiger partial charge in [0.1, 0.15) is 5.82 Å². The molecular weight excluding hydrogens is 346 g/mol. The van der Waals surface area contributed by atoms with E-state index < -0.39 is 0 Å². The second-order valence-corrected chi connectivity index (χ2v) is 7.00. The standard InChI is InChI=1S/C23H21N5/c1-27-16-25-20-13-18(11-12-21(20)27)24-14-23-26-19-9-5-6-10-22(19)28(23)15-17-7-3-2-4-8-17/h2-13,16,24H,14-15H2,1H3. The van der Waals surface area contributed by atoms with Crippen molar-refractivity contribution in [2.75, 3.05) is 5.32 Å². The molecule has 5 rings (SSSR count). The number of rotatable bonds is 5. The average molecular weight is 367 g/mol. The summed E-state index contributed by atoms with van der Waals surface area (Å²) in [7, 11) is 2.01. The van der Waals surface area contributed by atoms with Gasteiger partial charge in [0.2, 0.25) is 0 Å². The van der Waals surface area contributed by atoms with Crippen molar-refractivity contribution in [1.82, 2.24) is 19.1 Å². The Morgan fingerprint density at radius 2 is 1.68 bits per heavy atom. The van der Waals surface area contributed by atoms with Gasteiger partial charge in [0, 0.05) is 19.3 Å². The van der Waals surface area contributed by atoms with Crippen LogP contribution in [0.5, 0.6) is 0 Å². The van der Waals surface area contributed by atoms with E-state index in [1.165, 1.54) is 5.56 Å². The van der Waals surface area contributed by atoms with E-state index in [1.54, 1.807) is 0 Å². The molecule has 0 aliphatic rings. The van der Waals surface area contributed by atoms with Crippen molar-refractivity contribution in [1.29, 1.82) is 0 Å². The number of nitrogens with one attached hydrogen (secondary N) is 1. The topological polar surface area (TPSA) is 47.7 Å². The smallest absolute Gasteiger partial charge is 0.129 e. The van der Waals surface area contributed by atoms with Gasteiger partial charge in [-0.25, -0.2) is 9.97 Å². The number of aromatic nitrogens is 4. The number of imidazole rings is 2. The minimum Gasteiger partial charge on any atom is -0.378 e. The normalized spacial score (nSPS) is 11.3. The maximum absolute atomic E-state index is 4.87. The van der Waals surface area contributed by atoms with Gasteiger partial charge in [-0.3, -0.25) is 0 Å². The summed E-state index contributed by atoms with van der Waals surface area (Å²) in [5, 5.41) is 3.52. The highest BCUT2D eigenvalue weighted by Gasteiger charge is 2.11. The summed E-state index contributed by atoms with van der Waals surface area (Å²) < 4.78 is 4.31. The van der Waals surface area contributed by atoms with E-state index in [9.17, 15) is 0 Å². The molecular formula is C23H21N5. The van der Waals surface area contributed by atoms with Crippen LogP contribution in [0, 0.1) is 0 Å². The zero-order valence-electron chi connectivity index (χ0n) is 15.7. The van der Waals surface area contributed by atoms with E-state index in [-0.39, 0.29) is 0 Å². The zero-order valence-corrected chi connectivity index (χ0v) is 15.7. The number of nitrogens with zero attached hydrogens (tertiary/aromatic N) is 4. The number of aryl methyl sites for hydroxylation is 1. The van der Waals surface area contributed by atoms with Crippen LogP contribution in [0.4, 0.5) is 5.69 Å². The first kappa shape index (κ1) is 16.6. The summed E-state index contributed by atoms with van der Waals surface area (Å²) in [5.74, 6) is 1.02. The minimum absolute atomic E-state index is 0.653. The van der Waals surface area contributed by atoms with Crippen LogP contribution in [-0.2, 0) is 20.1 Å². The molecule has 0 saturated carbocycles. The molecule has 138 valence electrons. The van der Waals surface area contributed by atoms with Gasteiger partial charge in [0.25, 0.3) is 0 Å². The Labute approximate surface area is 163 Å². The van der Waals surface area contributed by atoms with Crippen molar-refractivity contribution in [3.05, 3.63) is 90.5 Å². The van der Waals surface area contributed by atoms with Gasteiger partial charge in [-0.2, -0.15) is 0 Å². The fraction of sp³-hybridized carbons (Fsp3) is 0.130. The molecule has 2 heterocycles. The van der Waals surface area contributed by atoms with Gasteiger partial charge in [-0.1, -0.05) is 42.5 Å². The molecule has 0 spiro atoms. The van der Waals surface area contributed by atoms with E-state index >= 15 is 0 Å². The first-order chi connectivity index (χ1) is 13.8. The summed E-state index contributed by atoms with van der Waals surface area (Å²) in [6.45, 7) is 1.46. The Morgan fingerprint density at radius 3 is 2.57 bits per heavy atom. The number of para-hydroxylation sites is 2. The van der Waals surface area contributed by atoms with Gasteiger partial charge in [-0.05, 0) is 35.9 Å². The highest BCUT2D eigenvalue weighted by atomic mass is 15.1. The molecule has 1 N–H and O–H groups in total. The Kier molecular flexibility index (Phi) is 4.05. The van der Waals surface area contributed by atoms with Crippen molar-refractivity contribution < 1.29 is 0 Å². The number of hydrogen-bond donors (Lipinski definition) is 1. The van der Waals surface area contributed by atoms with Gasteiger partial charge in [0.15, 0.2) is 0 Å². The predicted octanol–water partition coefficient (Wildman–Crippen LogP) is 4.58. The van der Waals surface area contributed by atoms with Crippen molar-refractivity contribution >= 4 is 27.8 Å². The van der Waals surface area contributed by atoms with Gasteiger partial charge >= 0.3 is 0 Å². The Morgan fingerprint density at radius 1 is 0.857 bits per heavy atom. The van der Waals surface area contributed by atoms with E-state index in [0.717, 1.165) is 40.1 Å². The molecule has 5 aromatic rings. The van der Waals surface area contributed by atoms with Gasteiger partial charge in [-0.15, -0.1) is 0 Å². The molecule has 5 heteroatoms. The number of benzene rings is 3. The van der Waals surface area contributed by atoms with Crippen LogP contribution in [0.15, 0.2) is 79.1 Å². The van der Waals surface area contributed by atoms with Gasteiger partial charge < -0.3 is 14.5 Å². The molecule has 0 unspecified atom stereocenters. The first-order valence-electron chi connectivity index (χ1n) is 9.41. The number of hydrogen-bond acceptors (Lipinski definition) is 3. The Balaban J connectivity index is 1.46. The highest BCUT2D eigenvalue weighted by molar-refractivity contribution is 5.79. The summed E-state index contributed by atoms with van der Waals surface area (Å²) in [6.07, 6.45) is 1.84. The fourth-order valence-corrected chi connectivity index (χ4v) is 3.63. The maximum Gasteiger partial charge on any atom is 0.129 e. The molecule has 0 fully saturated rings. The zero-order chi connectivity index (χ0) is 18.9. The van der Waals surface area contributed by atoms with Crippen LogP contribution >= 0.6 is 0 Å². The van der Waals surface area contributed by atoms with Crippen LogP contribution in [0.3, 0.4) is 0 Å². The monoisotopic (exact) mass is 367 g/mol. The lowest BCUT2D eigenvalue weighted by Crippen LogP contribution is -2.10. The molecule has 0 aliphatic heterocycles. The number of fused-ring (bicyclic) bond motifs is 2. The lowest BCUT2D eigenvalue weighted by molar-refractivity contribution is 0.757. The third-order valence-corrected chi connectivity index (χ3v) is 5.09. The van der Waals surface area contributed by atoms with Crippen molar-refractivity contribution in [3.63, 3.8) is 0 Å². The van der Waals surface area contributed by atoms with Crippen LogP contribution in [0.1, 0.15) is 11.4 Å². The molecule has 0 aliphatic carbocycles. The lowest BCUT2D eigenvalue weighted by atomic mass is 10.2. The molecule has 2 aromatic heterocycles. The van der Waals surface area contributed by atoms with E-state index in [2.05, 4.69) is 75.5 Å². The molecule has 28 heavy (non-hydrogen) atoms. The molecule has 0 atom stereocenters. The summed E-state index contributed by atoms with van der Waals surface area (Å²) in [5.41, 5.74) is 6.61.